The molecule has 75 heavy (non-hydrogen) atoms. The van der Waals surface area contributed by atoms with E-state index in [0.29, 0.717) is 0 Å². The highest BCUT2D eigenvalue weighted by molar-refractivity contribution is 6.89. The van der Waals surface area contributed by atoms with Crippen molar-refractivity contribution in [3.05, 3.63) is 119 Å². The van der Waals surface area contributed by atoms with E-state index in [2.05, 4.69) is 249 Å². The summed E-state index contributed by atoms with van der Waals surface area (Å²) in [5.74, 6) is 0. The Morgan fingerprint density at radius 2 is 0.773 bits per heavy atom. The lowest BCUT2D eigenvalue weighted by Gasteiger charge is -2.22. The van der Waals surface area contributed by atoms with Crippen LogP contribution in [0.1, 0.15) is 195 Å². The average molecular weight is 1000 g/mol. The summed E-state index contributed by atoms with van der Waals surface area (Å²) in [6.45, 7) is 53.3. The van der Waals surface area contributed by atoms with Crippen LogP contribution >= 0.6 is 0 Å². The van der Waals surface area contributed by atoms with Crippen molar-refractivity contribution in [2.24, 2.45) is 30.4 Å². The molecule has 0 N–H and O–H groups in total. The van der Waals surface area contributed by atoms with Crippen molar-refractivity contribution < 1.29 is 0 Å². The van der Waals surface area contributed by atoms with Crippen molar-refractivity contribution in [1.29, 1.82) is 0 Å². The lowest BCUT2D eigenvalue weighted by Crippen LogP contribution is -2.29. The SMILES string of the molecule is CC.CC.CC.CC.CC.CC(C)(C)C1=Nc2ccccc2[B]1.CC(C)(C)c1ccc2c(c1)N=C[B]2.CC(C)(C)c1ccc2c(c1)[B]C=N2.CC(C)(C)c1cccc2c1N=C[B]2.CC(C)(C)c1cccc2c1[B]C=N2. The van der Waals surface area contributed by atoms with Crippen LogP contribution in [-0.2, 0) is 21.7 Å². The first-order chi connectivity index (χ1) is 35.4. The maximum Gasteiger partial charge on any atom is 0.214 e. The Morgan fingerprint density at radius 1 is 0.320 bits per heavy atom. The number of nitrogens with zero attached hydrogens (tertiary/aromatic N) is 5. The summed E-state index contributed by atoms with van der Waals surface area (Å²) in [6.07, 6.45) is 7.47. The molecule has 0 amide bonds. The van der Waals surface area contributed by atoms with Crippen molar-refractivity contribution in [2.75, 3.05) is 0 Å². The fourth-order valence-electron chi connectivity index (χ4n) is 7.66. The van der Waals surface area contributed by atoms with E-state index in [1.165, 1.54) is 55.2 Å². The summed E-state index contributed by atoms with van der Waals surface area (Å²) in [5.41, 5.74) is 19.4. The molecule has 5 aliphatic rings. The first kappa shape index (κ1) is 67.8. The van der Waals surface area contributed by atoms with E-state index in [4.69, 9.17) is 0 Å². The van der Waals surface area contributed by atoms with E-state index in [1.807, 2.05) is 107 Å². The number of rotatable bonds is 0. The fourth-order valence-corrected chi connectivity index (χ4v) is 7.66. The molecule has 0 aliphatic carbocycles. The van der Waals surface area contributed by atoms with Crippen LogP contribution in [0, 0.1) is 5.41 Å². The highest BCUT2D eigenvalue weighted by atomic mass is 14.8. The number of hydrogen-bond acceptors (Lipinski definition) is 5. The molecule has 0 bridgehead atoms. The minimum absolute atomic E-state index is 0.152. The van der Waals surface area contributed by atoms with Gasteiger partial charge in [-0.05, 0) is 104 Å². The second-order valence-electron chi connectivity index (χ2n) is 22.3. The van der Waals surface area contributed by atoms with Crippen LogP contribution in [0.3, 0.4) is 0 Å². The molecule has 5 nitrogen and oxygen atoms in total. The third-order valence-corrected chi connectivity index (χ3v) is 11.6. The summed E-state index contributed by atoms with van der Waals surface area (Å²) < 4.78 is 0. The zero-order valence-electron chi connectivity index (χ0n) is 51.7. The van der Waals surface area contributed by atoms with E-state index in [1.54, 1.807) is 0 Å². The molecule has 0 unspecified atom stereocenters. The van der Waals surface area contributed by atoms with Gasteiger partial charge in [-0.2, -0.15) is 0 Å². The Balaban J connectivity index is 0.000000449. The van der Waals surface area contributed by atoms with Gasteiger partial charge < -0.3 is 0 Å². The third kappa shape index (κ3) is 20.7. The van der Waals surface area contributed by atoms with Gasteiger partial charge in [-0.25, -0.2) is 0 Å². The van der Waals surface area contributed by atoms with Crippen LogP contribution < -0.4 is 27.3 Å². The lowest BCUT2D eigenvalue weighted by molar-refractivity contribution is 0.590. The second kappa shape index (κ2) is 31.7. The van der Waals surface area contributed by atoms with E-state index >= 15 is 0 Å². The number of hydrogen-bond donors (Lipinski definition) is 0. The van der Waals surface area contributed by atoms with Gasteiger partial charge in [0.15, 0.2) is 0 Å². The van der Waals surface area contributed by atoms with E-state index < -0.39 is 0 Å². The predicted octanol–water partition coefficient (Wildman–Crippen LogP) is 15.2. The highest BCUT2D eigenvalue weighted by Crippen LogP contribution is 2.31. The minimum atomic E-state index is 0.152. The average Bonchev–Trinajstić information content (AvgIpc) is 4.26. The van der Waals surface area contributed by atoms with Gasteiger partial charge in [0.1, 0.15) is 0 Å². The molecule has 5 aromatic carbocycles. The van der Waals surface area contributed by atoms with Crippen LogP contribution in [0.25, 0.3) is 0 Å². The molecule has 5 heterocycles. The molecule has 10 heteroatoms. The Morgan fingerprint density at radius 3 is 1.35 bits per heavy atom. The zero-order valence-corrected chi connectivity index (χ0v) is 51.7. The van der Waals surface area contributed by atoms with Crippen molar-refractivity contribution >= 4 is 122 Å². The van der Waals surface area contributed by atoms with E-state index in [-0.39, 0.29) is 27.1 Å². The van der Waals surface area contributed by atoms with Gasteiger partial charge in [0.25, 0.3) is 0 Å². The number of benzene rings is 5. The molecule has 0 fully saturated rings. The Bertz CT molecular complexity index is 2660. The van der Waals surface area contributed by atoms with Crippen LogP contribution in [0.15, 0.2) is 122 Å². The third-order valence-electron chi connectivity index (χ3n) is 11.6. The molecule has 5 radical (unpaired) electrons. The van der Waals surface area contributed by atoms with E-state index in [9.17, 15) is 0 Å². The van der Waals surface area contributed by atoms with Crippen molar-refractivity contribution in [2.45, 2.75) is 195 Å². The van der Waals surface area contributed by atoms with Crippen LogP contribution in [0.5, 0.6) is 0 Å². The molecule has 0 saturated heterocycles. The number of para-hydroxylation sites is 2. The highest BCUT2D eigenvalue weighted by Gasteiger charge is 2.26. The largest absolute Gasteiger partial charge is 0.272 e. The number of fused-ring (bicyclic) bond motifs is 5. The monoisotopic (exact) mass is 1000 g/mol. The first-order valence-corrected chi connectivity index (χ1v) is 28.0. The predicted molar refractivity (Wildman–Crippen MR) is 350 cm³/mol. The molecule has 395 valence electrons. The molecule has 5 aliphatic heterocycles. The minimum Gasteiger partial charge on any atom is -0.272 e. The summed E-state index contributed by atoms with van der Waals surface area (Å²) in [5, 5.41) is 0. The van der Waals surface area contributed by atoms with Crippen molar-refractivity contribution in [1.82, 2.24) is 0 Å². The molecule has 10 rings (SSSR count). The van der Waals surface area contributed by atoms with Gasteiger partial charge in [-0.15, -0.1) is 0 Å². The molecule has 0 atom stereocenters. The molecule has 0 spiro atoms. The summed E-state index contributed by atoms with van der Waals surface area (Å²) in [7, 11) is 10.4. The zero-order chi connectivity index (χ0) is 57.4. The standard InChI is InChI=1S/5C11H13BN.5C2H6/c1-11(2,3)8-4-5-10-9(6-8)12-7-13-10;1-11(2,3)8-4-5-9-10(6-8)13-7-12-9;1-11(2,3)8-5-4-6-9-10(8)12-7-13-9;1-11(2,3)8-5-4-6-9-10(8)13-7-12-9;1-11(2,3)10-12-8-6-4-5-7-9(8)13-10;5*1-2/h5*4-7H,1-3H3;5*1-2H3. The van der Waals surface area contributed by atoms with Gasteiger partial charge in [0.05, 0.1) is 28.4 Å². The van der Waals surface area contributed by atoms with Gasteiger partial charge in [-0.1, -0.05) is 273 Å². The van der Waals surface area contributed by atoms with Gasteiger partial charge in [-0.3, -0.25) is 25.0 Å². The summed E-state index contributed by atoms with van der Waals surface area (Å²) >= 11 is 0. The summed E-state index contributed by atoms with van der Waals surface area (Å²) in [6, 6.07) is 33.9. The topological polar surface area (TPSA) is 61.8 Å². The number of aliphatic imine (C=N–C) groups is 5. The molecular formula is C65H95B5N5. The van der Waals surface area contributed by atoms with E-state index in [0.717, 1.165) is 28.4 Å². The van der Waals surface area contributed by atoms with Crippen molar-refractivity contribution in [3.8, 4) is 0 Å². The summed E-state index contributed by atoms with van der Waals surface area (Å²) in [4.78, 5) is 21.8. The van der Waals surface area contributed by atoms with Gasteiger partial charge in [0.2, 0.25) is 36.4 Å². The molecular weight excluding hydrogens is 905 g/mol. The molecule has 0 aromatic heterocycles. The first-order valence-electron chi connectivity index (χ1n) is 28.0. The van der Waals surface area contributed by atoms with Crippen LogP contribution in [0.4, 0.5) is 28.4 Å². The Hall–Kier alpha value is -5.23. The smallest absolute Gasteiger partial charge is 0.214 e. The lowest BCUT2D eigenvalue weighted by atomic mass is 9.59. The quantitative estimate of drug-likeness (QED) is 0.139. The second-order valence-corrected chi connectivity index (χ2v) is 22.3. The molecule has 0 saturated carbocycles. The maximum absolute atomic E-state index is 4.58. The molecule has 5 aromatic rings. The van der Waals surface area contributed by atoms with Crippen molar-refractivity contribution in [3.63, 3.8) is 0 Å². The Kier molecular flexibility index (Phi) is 28.7. The fraction of sp³-hybridized carbons (Fsp3) is 0.462. The Labute approximate surface area is 464 Å². The normalized spacial score (nSPS) is 12.7. The van der Waals surface area contributed by atoms with Gasteiger partial charge in [0, 0.05) is 0 Å². The van der Waals surface area contributed by atoms with Crippen LogP contribution in [-0.4, -0.2) is 66.5 Å². The van der Waals surface area contributed by atoms with Crippen LogP contribution in [0.2, 0.25) is 0 Å². The van der Waals surface area contributed by atoms with Gasteiger partial charge >= 0.3 is 0 Å². The maximum atomic E-state index is 4.58.